The Morgan fingerprint density at radius 1 is 1.11 bits per heavy atom. The van der Waals surface area contributed by atoms with Gasteiger partial charge in [0.25, 0.3) is 5.91 Å². The summed E-state index contributed by atoms with van der Waals surface area (Å²) in [5, 5.41) is 0. The van der Waals surface area contributed by atoms with E-state index in [0.29, 0.717) is 48.4 Å². The van der Waals surface area contributed by atoms with Crippen LogP contribution in [0.25, 0.3) is 0 Å². The highest BCUT2D eigenvalue weighted by molar-refractivity contribution is 5.97. The van der Waals surface area contributed by atoms with Gasteiger partial charge in [-0.15, -0.1) is 12.4 Å². The van der Waals surface area contributed by atoms with Crippen LogP contribution < -0.4 is 15.2 Å². The van der Waals surface area contributed by atoms with Crippen molar-refractivity contribution in [2.45, 2.75) is 26.3 Å². The van der Waals surface area contributed by atoms with Gasteiger partial charge in [0, 0.05) is 12.6 Å². The van der Waals surface area contributed by atoms with Crippen molar-refractivity contribution in [1.29, 1.82) is 0 Å². The van der Waals surface area contributed by atoms with E-state index in [4.69, 9.17) is 15.2 Å². The number of likely N-dealkylation sites (tertiary alicyclic amines) is 1. The number of para-hydroxylation sites is 3. The molecule has 0 bridgehead atoms. The zero-order valence-corrected chi connectivity index (χ0v) is 16.6. The third kappa shape index (κ3) is 4.73. The molecule has 1 fully saturated rings. The minimum absolute atomic E-state index is 0. The fourth-order valence-corrected chi connectivity index (χ4v) is 3.41. The van der Waals surface area contributed by atoms with E-state index in [9.17, 15) is 4.79 Å². The van der Waals surface area contributed by atoms with Gasteiger partial charge in [-0.3, -0.25) is 4.79 Å². The Balaban J connectivity index is 0.00000261. The first-order valence-corrected chi connectivity index (χ1v) is 9.13. The molecule has 0 aliphatic carbocycles. The molecule has 2 atom stereocenters. The lowest BCUT2D eigenvalue weighted by molar-refractivity contribution is 0.0740. The number of hydrogen-bond acceptors (Lipinski definition) is 4. The highest BCUT2D eigenvalue weighted by Crippen LogP contribution is 2.34. The van der Waals surface area contributed by atoms with Crippen molar-refractivity contribution in [3.05, 3.63) is 54.1 Å². The second-order valence-electron chi connectivity index (χ2n) is 6.62. The van der Waals surface area contributed by atoms with Gasteiger partial charge in [0.2, 0.25) is 0 Å². The van der Waals surface area contributed by atoms with Crippen molar-refractivity contribution in [2.75, 3.05) is 19.7 Å². The lowest BCUT2D eigenvalue weighted by atomic mass is 10.1. The molecular weight excluding hydrogens is 364 g/mol. The van der Waals surface area contributed by atoms with E-state index in [1.807, 2.05) is 60.4 Å². The average molecular weight is 391 g/mol. The molecule has 0 aromatic heterocycles. The minimum atomic E-state index is -0.0158. The molecule has 1 aliphatic rings. The summed E-state index contributed by atoms with van der Waals surface area (Å²) >= 11 is 0. The van der Waals surface area contributed by atoms with Crippen molar-refractivity contribution < 1.29 is 14.3 Å². The molecule has 1 aliphatic heterocycles. The standard InChI is InChI=1S/C21H26N2O3.ClH/c1-3-25-19-10-6-7-11-20(19)26-18-9-5-4-8-17(18)21(24)23-14-16(13-22)12-15(23)2;/h4-11,15-16H,3,12-14,22H2,1-2H3;1H. The molecule has 1 heterocycles. The normalized spacial score (nSPS) is 18.7. The Labute approximate surface area is 166 Å². The summed E-state index contributed by atoms with van der Waals surface area (Å²) in [5.74, 6) is 2.14. The van der Waals surface area contributed by atoms with E-state index in [0.717, 1.165) is 6.42 Å². The Hall–Kier alpha value is -2.24. The van der Waals surface area contributed by atoms with Gasteiger partial charge in [0.1, 0.15) is 5.75 Å². The van der Waals surface area contributed by atoms with Crippen molar-refractivity contribution in [1.82, 2.24) is 4.90 Å². The number of halogens is 1. The highest BCUT2D eigenvalue weighted by Gasteiger charge is 2.33. The van der Waals surface area contributed by atoms with Crippen LogP contribution >= 0.6 is 12.4 Å². The molecule has 0 saturated carbocycles. The van der Waals surface area contributed by atoms with Gasteiger partial charge in [-0.05, 0) is 57.0 Å². The average Bonchev–Trinajstić information content (AvgIpc) is 3.04. The molecule has 6 heteroatoms. The lowest BCUT2D eigenvalue weighted by Gasteiger charge is -2.23. The zero-order valence-electron chi connectivity index (χ0n) is 15.8. The van der Waals surface area contributed by atoms with Gasteiger partial charge in [0.15, 0.2) is 11.5 Å². The fraction of sp³-hybridized carbons (Fsp3) is 0.381. The van der Waals surface area contributed by atoms with Crippen LogP contribution in [0.5, 0.6) is 17.2 Å². The fourth-order valence-electron chi connectivity index (χ4n) is 3.41. The SMILES string of the molecule is CCOc1ccccc1Oc1ccccc1C(=O)N1CC(CN)CC1C.Cl. The lowest BCUT2D eigenvalue weighted by Crippen LogP contribution is -2.34. The second kappa shape index (κ2) is 9.62. The number of nitrogens with two attached hydrogens (primary N) is 1. The molecule has 0 radical (unpaired) electrons. The van der Waals surface area contributed by atoms with Gasteiger partial charge in [-0.25, -0.2) is 0 Å². The molecule has 1 saturated heterocycles. The predicted octanol–water partition coefficient (Wildman–Crippen LogP) is 4.11. The number of ether oxygens (including phenoxy) is 2. The van der Waals surface area contributed by atoms with Crippen LogP contribution in [0.4, 0.5) is 0 Å². The summed E-state index contributed by atoms with van der Waals surface area (Å²) in [7, 11) is 0. The molecule has 5 nitrogen and oxygen atoms in total. The van der Waals surface area contributed by atoms with E-state index in [2.05, 4.69) is 6.92 Å². The van der Waals surface area contributed by atoms with Crippen LogP contribution in [0.15, 0.2) is 48.5 Å². The molecule has 2 N–H and O–H groups in total. The third-order valence-corrected chi connectivity index (χ3v) is 4.74. The second-order valence-corrected chi connectivity index (χ2v) is 6.62. The molecule has 2 aromatic carbocycles. The van der Waals surface area contributed by atoms with Crippen LogP contribution in [0.3, 0.4) is 0 Å². The number of nitrogens with zero attached hydrogens (tertiary/aromatic N) is 1. The van der Waals surface area contributed by atoms with Gasteiger partial charge in [-0.1, -0.05) is 24.3 Å². The number of carbonyl (C=O) groups is 1. The number of benzene rings is 2. The van der Waals surface area contributed by atoms with Crippen molar-refractivity contribution in [2.24, 2.45) is 11.7 Å². The van der Waals surface area contributed by atoms with E-state index < -0.39 is 0 Å². The Morgan fingerprint density at radius 2 is 1.74 bits per heavy atom. The first kappa shape index (κ1) is 21.1. The summed E-state index contributed by atoms with van der Waals surface area (Å²) in [6.07, 6.45) is 0.943. The summed E-state index contributed by atoms with van der Waals surface area (Å²) < 4.78 is 11.7. The molecular formula is C21H27ClN2O3. The van der Waals surface area contributed by atoms with E-state index in [-0.39, 0.29) is 24.4 Å². The molecule has 1 amide bonds. The summed E-state index contributed by atoms with van der Waals surface area (Å²) in [4.78, 5) is 15.0. The first-order valence-electron chi connectivity index (χ1n) is 9.13. The number of carbonyl (C=O) groups excluding carboxylic acids is 1. The highest BCUT2D eigenvalue weighted by atomic mass is 35.5. The monoisotopic (exact) mass is 390 g/mol. The molecule has 2 unspecified atom stereocenters. The molecule has 0 spiro atoms. The first-order chi connectivity index (χ1) is 12.6. The quantitative estimate of drug-likeness (QED) is 0.806. The zero-order chi connectivity index (χ0) is 18.5. The van der Waals surface area contributed by atoms with E-state index in [1.165, 1.54) is 0 Å². The van der Waals surface area contributed by atoms with Crippen LogP contribution in [0.1, 0.15) is 30.6 Å². The minimum Gasteiger partial charge on any atom is -0.490 e. The number of rotatable bonds is 6. The van der Waals surface area contributed by atoms with Gasteiger partial charge < -0.3 is 20.1 Å². The number of amides is 1. The van der Waals surface area contributed by atoms with E-state index in [1.54, 1.807) is 0 Å². The molecule has 146 valence electrons. The van der Waals surface area contributed by atoms with Crippen molar-refractivity contribution >= 4 is 18.3 Å². The number of hydrogen-bond donors (Lipinski definition) is 1. The van der Waals surface area contributed by atoms with Gasteiger partial charge >= 0.3 is 0 Å². The van der Waals surface area contributed by atoms with Crippen LogP contribution in [0, 0.1) is 5.92 Å². The van der Waals surface area contributed by atoms with Gasteiger partial charge in [0.05, 0.1) is 12.2 Å². The Kier molecular flexibility index (Phi) is 7.51. The van der Waals surface area contributed by atoms with Crippen molar-refractivity contribution in [3.8, 4) is 17.2 Å². The Morgan fingerprint density at radius 3 is 2.37 bits per heavy atom. The smallest absolute Gasteiger partial charge is 0.257 e. The summed E-state index contributed by atoms with van der Waals surface area (Å²) in [5.41, 5.74) is 6.36. The topological polar surface area (TPSA) is 64.8 Å². The maximum absolute atomic E-state index is 13.1. The third-order valence-electron chi connectivity index (χ3n) is 4.74. The molecule has 3 rings (SSSR count). The van der Waals surface area contributed by atoms with Crippen LogP contribution in [-0.4, -0.2) is 36.5 Å². The van der Waals surface area contributed by atoms with Gasteiger partial charge in [-0.2, -0.15) is 0 Å². The summed E-state index contributed by atoms with van der Waals surface area (Å²) in [6, 6.07) is 15.0. The van der Waals surface area contributed by atoms with E-state index >= 15 is 0 Å². The van der Waals surface area contributed by atoms with Crippen molar-refractivity contribution in [3.63, 3.8) is 0 Å². The summed E-state index contributed by atoms with van der Waals surface area (Å²) in [6.45, 7) is 5.85. The molecule has 2 aromatic rings. The Bertz CT molecular complexity index is 769. The molecule has 27 heavy (non-hydrogen) atoms. The maximum Gasteiger partial charge on any atom is 0.257 e. The largest absolute Gasteiger partial charge is 0.490 e. The van der Waals surface area contributed by atoms with Crippen LogP contribution in [-0.2, 0) is 0 Å². The maximum atomic E-state index is 13.1. The van der Waals surface area contributed by atoms with Crippen LogP contribution in [0.2, 0.25) is 0 Å². The predicted molar refractivity (Wildman–Crippen MR) is 109 cm³/mol.